The van der Waals surface area contributed by atoms with Crippen molar-refractivity contribution in [3.63, 3.8) is 0 Å². The Hall–Kier alpha value is -4.57. The fraction of sp³-hybridized carbons (Fsp3) is 0.143. The van der Waals surface area contributed by atoms with Gasteiger partial charge in [-0.2, -0.15) is 0 Å². The number of aromatic carboxylic acids is 4. The van der Waals surface area contributed by atoms with Crippen LogP contribution in [0.25, 0.3) is 0 Å². The molecule has 0 bridgehead atoms. The van der Waals surface area contributed by atoms with Crippen molar-refractivity contribution in [3.8, 4) is 0 Å². The summed E-state index contributed by atoms with van der Waals surface area (Å²) in [5.41, 5.74) is -1.28. The van der Waals surface area contributed by atoms with Crippen LogP contribution in [0.2, 0.25) is 0 Å². The van der Waals surface area contributed by atoms with Crippen molar-refractivity contribution in [2.45, 2.75) is 25.8 Å². The molecule has 0 fully saturated rings. The quantitative estimate of drug-likeness (QED) is 0.0892. The normalized spacial score (nSPS) is 11.4. The molecule has 48 heavy (non-hydrogen) atoms. The zero-order chi connectivity index (χ0) is 34.0. The third kappa shape index (κ3) is 11.9. The van der Waals surface area contributed by atoms with Gasteiger partial charge < -0.3 is 40.1 Å². The maximum absolute atomic E-state index is 13.6. The molecule has 0 aliphatic heterocycles. The number of aliphatic hydroxyl groups is 2. The SMILES string of the molecule is O=C(O)c1cc(COC(O)c2cc(C(=O)O)ncc2F)ccn1.O=C(O)c1cc(COC(O)c2cc(C(=O)O)ncc2F)ccn1.[Zn].[Zn]. The largest absolute Gasteiger partial charge is 0.477 e. The number of hydrogen-bond acceptors (Lipinski definition) is 12. The third-order valence-electron chi connectivity index (χ3n) is 5.64. The minimum Gasteiger partial charge on any atom is -0.477 e. The van der Waals surface area contributed by atoms with Gasteiger partial charge in [-0.05, 0) is 47.5 Å². The molecule has 0 aliphatic carbocycles. The van der Waals surface area contributed by atoms with Crippen molar-refractivity contribution in [1.29, 1.82) is 0 Å². The number of halogens is 2. The Morgan fingerprint density at radius 3 is 1.21 bits per heavy atom. The summed E-state index contributed by atoms with van der Waals surface area (Å²) in [6.07, 6.45) is 0.365. The Balaban J connectivity index is 0.000000461. The number of ether oxygens (including phenoxy) is 2. The molecule has 4 heterocycles. The first-order valence-corrected chi connectivity index (χ1v) is 12.5. The maximum Gasteiger partial charge on any atom is 0.354 e. The van der Waals surface area contributed by atoms with E-state index in [2.05, 4.69) is 19.9 Å². The summed E-state index contributed by atoms with van der Waals surface area (Å²) < 4.78 is 37.3. The smallest absolute Gasteiger partial charge is 0.354 e. The van der Waals surface area contributed by atoms with Gasteiger partial charge in [-0.15, -0.1) is 0 Å². The van der Waals surface area contributed by atoms with E-state index in [4.69, 9.17) is 29.9 Å². The van der Waals surface area contributed by atoms with Crippen LogP contribution in [0.5, 0.6) is 0 Å². The van der Waals surface area contributed by atoms with Gasteiger partial charge in [-0.3, -0.25) is 0 Å². The number of carboxylic acid groups (broad SMARTS) is 4. The van der Waals surface area contributed by atoms with Crippen LogP contribution in [0.4, 0.5) is 8.78 Å². The van der Waals surface area contributed by atoms with Crippen molar-refractivity contribution >= 4 is 23.9 Å². The van der Waals surface area contributed by atoms with Crippen LogP contribution in [0.15, 0.2) is 61.2 Å². The number of aliphatic hydroxyl groups excluding tert-OH is 2. The van der Waals surface area contributed by atoms with Gasteiger partial charge in [0.05, 0.1) is 25.6 Å². The average Bonchev–Trinajstić information content (AvgIpc) is 3.03. The molecule has 16 nitrogen and oxygen atoms in total. The van der Waals surface area contributed by atoms with E-state index in [0.717, 1.165) is 12.1 Å². The third-order valence-corrected chi connectivity index (χ3v) is 5.64. The van der Waals surface area contributed by atoms with Gasteiger partial charge >= 0.3 is 23.9 Å². The molecular formula is C28H22F2N4O12Zn2. The molecular weight excluding hydrogens is 753 g/mol. The van der Waals surface area contributed by atoms with Crippen molar-refractivity contribution in [1.82, 2.24) is 19.9 Å². The molecule has 6 N–H and O–H groups in total. The topological polar surface area (TPSA) is 260 Å². The first kappa shape index (κ1) is 41.4. The first-order chi connectivity index (χ1) is 21.8. The van der Waals surface area contributed by atoms with Gasteiger partial charge in [0.2, 0.25) is 0 Å². The fourth-order valence-electron chi connectivity index (χ4n) is 3.41. The molecule has 2 unspecified atom stereocenters. The van der Waals surface area contributed by atoms with Crippen LogP contribution in [0.1, 0.15) is 76.8 Å². The Bertz CT molecular complexity index is 1640. The Labute approximate surface area is 293 Å². The van der Waals surface area contributed by atoms with Gasteiger partial charge in [-0.25, -0.2) is 47.9 Å². The summed E-state index contributed by atoms with van der Waals surface area (Å²) in [7, 11) is 0. The number of hydrogen-bond donors (Lipinski definition) is 6. The molecule has 0 aliphatic rings. The van der Waals surface area contributed by atoms with E-state index < -0.39 is 59.5 Å². The van der Waals surface area contributed by atoms with Crippen LogP contribution in [0.3, 0.4) is 0 Å². The summed E-state index contributed by atoms with van der Waals surface area (Å²) in [6.45, 7) is -0.456. The molecule has 4 aromatic rings. The molecule has 244 valence electrons. The summed E-state index contributed by atoms with van der Waals surface area (Å²) >= 11 is 0. The summed E-state index contributed by atoms with van der Waals surface area (Å²) in [4.78, 5) is 57.1. The number of rotatable bonds is 12. The average molecular weight is 775 g/mol. The molecule has 0 spiro atoms. The second kappa shape index (κ2) is 19.3. The zero-order valence-electron chi connectivity index (χ0n) is 24.4. The summed E-state index contributed by atoms with van der Waals surface area (Å²) in [6, 6.07) is 7.12. The van der Waals surface area contributed by atoms with Gasteiger partial charge in [0.1, 0.15) is 34.4 Å². The second-order valence-electron chi connectivity index (χ2n) is 8.83. The Morgan fingerprint density at radius 2 is 0.896 bits per heavy atom. The van der Waals surface area contributed by atoms with Gasteiger partial charge in [0.25, 0.3) is 0 Å². The van der Waals surface area contributed by atoms with Crippen LogP contribution in [-0.4, -0.2) is 74.5 Å². The second-order valence-corrected chi connectivity index (χ2v) is 8.83. The van der Waals surface area contributed by atoms with E-state index in [1.807, 2.05) is 0 Å². The van der Waals surface area contributed by atoms with E-state index >= 15 is 0 Å². The Morgan fingerprint density at radius 1 is 0.583 bits per heavy atom. The number of carbonyl (C=O) groups is 4. The molecule has 0 aromatic carbocycles. The molecule has 0 radical (unpaired) electrons. The molecule has 20 heteroatoms. The van der Waals surface area contributed by atoms with E-state index in [9.17, 15) is 38.2 Å². The van der Waals surface area contributed by atoms with Crippen LogP contribution >= 0.6 is 0 Å². The Kier molecular flexibility index (Phi) is 16.7. The molecule has 0 saturated heterocycles. The van der Waals surface area contributed by atoms with Crippen molar-refractivity contribution in [2.24, 2.45) is 0 Å². The minimum absolute atomic E-state index is 0. The van der Waals surface area contributed by atoms with E-state index in [1.165, 1.54) is 36.7 Å². The standard InChI is InChI=1S/2C14H11FN2O6.2Zn/c2*15-9-5-17-11(13(20)21)4-8(9)14(22)23-6-7-1-2-16-10(3-7)12(18)19;;/h2*1-5,14,22H,6H2,(H,18,19)(H,20,21);;. The van der Waals surface area contributed by atoms with Crippen LogP contribution < -0.4 is 0 Å². The van der Waals surface area contributed by atoms with E-state index in [1.54, 1.807) is 0 Å². The van der Waals surface area contributed by atoms with Crippen LogP contribution in [-0.2, 0) is 61.6 Å². The van der Waals surface area contributed by atoms with Gasteiger partial charge in [-0.1, -0.05) is 0 Å². The molecule has 4 aromatic heterocycles. The number of pyridine rings is 4. The van der Waals surface area contributed by atoms with Gasteiger partial charge in [0, 0.05) is 62.5 Å². The van der Waals surface area contributed by atoms with Gasteiger partial charge in [0.15, 0.2) is 12.6 Å². The maximum atomic E-state index is 13.6. The van der Waals surface area contributed by atoms with Crippen molar-refractivity contribution < 1.29 is 107 Å². The van der Waals surface area contributed by atoms with Crippen molar-refractivity contribution in [2.75, 3.05) is 0 Å². The monoisotopic (exact) mass is 772 g/mol. The van der Waals surface area contributed by atoms with Crippen molar-refractivity contribution in [3.05, 3.63) is 118 Å². The first-order valence-electron chi connectivity index (χ1n) is 12.5. The molecule has 0 amide bonds. The van der Waals surface area contributed by atoms with E-state index in [-0.39, 0.29) is 74.7 Å². The zero-order valence-corrected chi connectivity index (χ0v) is 30.4. The summed E-state index contributed by atoms with van der Waals surface area (Å²) in [5, 5.41) is 54.9. The van der Waals surface area contributed by atoms with Crippen LogP contribution in [0, 0.1) is 11.6 Å². The molecule has 2 atom stereocenters. The predicted molar refractivity (Wildman–Crippen MR) is 144 cm³/mol. The minimum atomic E-state index is -1.74. The number of carboxylic acids is 4. The number of aromatic nitrogens is 4. The number of nitrogens with zero attached hydrogens (tertiary/aromatic N) is 4. The van der Waals surface area contributed by atoms with E-state index in [0.29, 0.717) is 23.5 Å². The molecule has 0 saturated carbocycles. The summed E-state index contributed by atoms with van der Waals surface area (Å²) in [5.74, 6) is -7.05. The predicted octanol–water partition coefficient (Wildman–Crippen LogP) is 2.43. The molecule has 4 rings (SSSR count). The fourth-order valence-corrected chi connectivity index (χ4v) is 3.41.